The van der Waals surface area contributed by atoms with Gasteiger partial charge in [0.25, 0.3) is 11.8 Å². The summed E-state index contributed by atoms with van der Waals surface area (Å²) in [5.41, 5.74) is 17.7. The van der Waals surface area contributed by atoms with E-state index in [-0.39, 0.29) is 60.4 Å². The number of nitrogens with one attached hydrogen (secondary N) is 2. The quantitative estimate of drug-likeness (QED) is 0.102. The maximum atomic E-state index is 13.4. The van der Waals surface area contributed by atoms with Gasteiger partial charge in [-0.1, -0.05) is 29.8 Å². The van der Waals surface area contributed by atoms with Gasteiger partial charge in [0.1, 0.15) is 28.4 Å². The van der Waals surface area contributed by atoms with Crippen LogP contribution in [0.3, 0.4) is 0 Å². The number of nitrogens with zero attached hydrogens (tertiary/aromatic N) is 9. The fourth-order valence-corrected chi connectivity index (χ4v) is 8.42. The molecular formula is C52H48ClF2N13O4. The molecule has 0 spiro atoms. The van der Waals surface area contributed by atoms with E-state index in [4.69, 9.17) is 37.8 Å². The van der Waals surface area contributed by atoms with Crippen LogP contribution in [0.25, 0.3) is 44.6 Å². The van der Waals surface area contributed by atoms with Crippen molar-refractivity contribution in [1.29, 1.82) is 0 Å². The van der Waals surface area contributed by atoms with Crippen molar-refractivity contribution in [3.05, 3.63) is 150 Å². The first-order valence-electron chi connectivity index (χ1n) is 23.1. The van der Waals surface area contributed by atoms with Gasteiger partial charge in [0.2, 0.25) is 17.8 Å². The topological polar surface area (TPSA) is 224 Å². The number of aromatic nitrogens is 6. The summed E-state index contributed by atoms with van der Waals surface area (Å²) in [4.78, 5) is 70.0. The molecular weight excluding hydrogens is 944 g/mol. The van der Waals surface area contributed by atoms with Gasteiger partial charge in [-0.15, -0.1) is 0 Å². The lowest BCUT2D eigenvalue weighted by Crippen LogP contribution is -2.51. The summed E-state index contributed by atoms with van der Waals surface area (Å²) in [5, 5.41) is 6.74. The van der Waals surface area contributed by atoms with E-state index in [1.165, 1.54) is 24.3 Å². The number of carbonyl (C=O) groups is 3. The largest absolute Gasteiger partial charge is 0.484 e. The number of carbonyl (C=O) groups excluding carboxylic acids is 3. The summed E-state index contributed by atoms with van der Waals surface area (Å²) in [5.74, 6) is 0.891. The maximum Gasteiger partial charge on any atom is 0.260 e. The molecule has 6 N–H and O–H groups in total. The zero-order chi connectivity index (χ0) is 50.1. The Morgan fingerprint density at radius 2 is 1.17 bits per heavy atom. The maximum absolute atomic E-state index is 13.4. The van der Waals surface area contributed by atoms with Crippen LogP contribution < -0.4 is 31.7 Å². The van der Waals surface area contributed by atoms with Crippen molar-refractivity contribution in [2.45, 2.75) is 18.9 Å². The third-order valence-electron chi connectivity index (χ3n) is 12.1. The van der Waals surface area contributed by atoms with E-state index in [1.807, 2.05) is 35.2 Å². The van der Waals surface area contributed by atoms with Gasteiger partial charge in [0.15, 0.2) is 18.2 Å². The van der Waals surface area contributed by atoms with Crippen LogP contribution in [-0.2, 0) is 9.59 Å². The fourth-order valence-electron chi connectivity index (χ4n) is 8.29. The number of rotatable bonds is 11. The molecule has 4 aromatic carbocycles. The van der Waals surface area contributed by atoms with E-state index in [0.29, 0.717) is 101 Å². The van der Waals surface area contributed by atoms with Gasteiger partial charge in [0, 0.05) is 67.0 Å². The average Bonchev–Trinajstić information content (AvgIpc) is 3.40. The summed E-state index contributed by atoms with van der Waals surface area (Å²) < 4.78 is 32.3. The molecule has 0 radical (unpaired) electrons. The molecule has 0 saturated carbocycles. The standard InChI is InChI=1S/C26H24ClFN6O2.C26H24FN7O2/c27-17-3-7-20(8-4-17)36-15-23(35)34-13-11-19(12-14-34)30-25-24-22(32-26(29)33-25)10-9-21(31-24)16-1-5-18(28)6-2-16;27-19-8-6-17(7-9-19)20-10-11-21-23(30-20)24(32-26(28)31-21)34-14-12-33(13-15-34)22(35)16-29-25(36)18-4-2-1-3-5-18/h1-10,19H,11-15H2,(H3,29,30,32,33);1-11H,12-16H2,(H,29,36)(H2,28,31,32). The number of ether oxygens (including phenoxy) is 1. The summed E-state index contributed by atoms with van der Waals surface area (Å²) in [7, 11) is 0. The van der Waals surface area contributed by atoms with Gasteiger partial charge in [-0.25, -0.2) is 28.7 Å². The van der Waals surface area contributed by atoms with Gasteiger partial charge in [-0.05, 0) is 122 Å². The average molecular weight is 992 g/mol. The van der Waals surface area contributed by atoms with Crippen LogP contribution in [0.1, 0.15) is 23.2 Å². The lowest BCUT2D eigenvalue weighted by Gasteiger charge is -2.35. The van der Waals surface area contributed by atoms with Crippen molar-refractivity contribution in [2.75, 3.05) is 74.1 Å². The highest BCUT2D eigenvalue weighted by Gasteiger charge is 2.26. The molecule has 2 fully saturated rings. The number of benzene rings is 4. The second kappa shape index (κ2) is 22.0. The normalized spacial score (nSPS) is 13.8. The van der Waals surface area contributed by atoms with E-state index in [9.17, 15) is 23.2 Å². The lowest BCUT2D eigenvalue weighted by atomic mass is 10.0. The molecule has 6 heterocycles. The number of anilines is 4. The zero-order valence-corrected chi connectivity index (χ0v) is 39.5. The predicted molar refractivity (Wildman–Crippen MR) is 272 cm³/mol. The number of halogens is 3. The summed E-state index contributed by atoms with van der Waals surface area (Å²) >= 11 is 5.88. The van der Waals surface area contributed by atoms with E-state index in [2.05, 4.69) is 30.6 Å². The molecule has 4 aromatic heterocycles. The zero-order valence-electron chi connectivity index (χ0n) is 38.7. The highest BCUT2D eigenvalue weighted by molar-refractivity contribution is 6.30. The molecule has 2 aliphatic rings. The third-order valence-corrected chi connectivity index (χ3v) is 12.4. The van der Waals surface area contributed by atoms with Crippen LogP contribution in [-0.4, -0.2) is 116 Å². The Balaban J connectivity index is 0.000000178. The Labute approximate surface area is 417 Å². The number of nitrogens with two attached hydrogens (primary N) is 2. The summed E-state index contributed by atoms with van der Waals surface area (Å²) in [6.07, 6.45) is 1.46. The Bertz CT molecular complexity index is 3220. The predicted octanol–water partition coefficient (Wildman–Crippen LogP) is 7.04. The molecule has 17 nitrogen and oxygen atoms in total. The number of amides is 3. The van der Waals surface area contributed by atoms with Crippen molar-refractivity contribution in [3.63, 3.8) is 0 Å². The molecule has 72 heavy (non-hydrogen) atoms. The van der Waals surface area contributed by atoms with Crippen molar-refractivity contribution in [3.8, 4) is 28.3 Å². The third kappa shape index (κ3) is 11.9. The first-order chi connectivity index (χ1) is 34.9. The van der Waals surface area contributed by atoms with E-state index >= 15 is 0 Å². The van der Waals surface area contributed by atoms with Crippen LogP contribution >= 0.6 is 11.6 Å². The minimum absolute atomic E-state index is 0.0249. The molecule has 0 atom stereocenters. The molecule has 366 valence electrons. The van der Waals surface area contributed by atoms with E-state index < -0.39 is 0 Å². The van der Waals surface area contributed by atoms with Crippen LogP contribution in [0.5, 0.6) is 5.75 Å². The fraction of sp³-hybridized carbons (Fsp3) is 0.212. The molecule has 2 aliphatic heterocycles. The summed E-state index contributed by atoms with van der Waals surface area (Å²) in [6, 6.07) is 35.3. The number of piperidine rings is 1. The van der Waals surface area contributed by atoms with Gasteiger partial charge in [0.05, 0.1) is 29.0 Å². The highest BCUT2D eigenvalue weighted by atomic mass is 35.5. The number of pyridine rings is 2. The monoisotopic (exact) mass is 991 g/mol. The van der Waals surface area contributed by atoms with Crippen molar-refractivity contribution in [1.82, 2.24) is 45.0 Å². The van der Waals surface area contributed by atoms with E-state index in [1.54, 1.807) is 82.6 Å². The Morgan fingerprint density at radius 3 is 1.78 bits per heavy atom. The summed E-state index contributed by atoms with van der Waals surface area (Å²) in [6.45, 7) is 3.05. The molecule has 8 aromatic rings. The molecule has 0 bridgehead atoms. The van der Waals surface area contributed by atoms with Gasteiger partial charge in [-0.2, -0.15) is 9.97 Å². The van der Waals surface area contributed by atoms with Gasteiger partial charge < -0.3 is 41.5 Å². The Hall–Kier alpha value is -8.58. The second-order valence-electron chi connectivity index (χ2n) is 16.9. The molecule has 20 heteroatoms. The van der Waals surface area contributed by atoms with Crippen molar-refractivity contribution in [2.24, 2.45) is 0 Å². The van der Waals surface area contributed by atoms with E-state index in [0.717, 1.165) is 24.0 Å². The van der Waals surface area contributed by atoms with Crippen LogP contribution in [0, 0.1) is 11.6 Å². The van der Waals surface area contributed by atoms with Crippen LogP contribution in [0.15, 0.2) is 127 Å². The number of nitrogen functional groups attached to an aromatic ring is 2. The first kappa shape index (κ1) is 48.4. The first-order valence-corrected chi connectivity index (χ1v) is 23.5. The highest BCUT2D eigenvalue weighted by Crippen LogP contribution is 2.29. The van der Waals surface area contributed by atoms with Crippen LogP contribution in [0.2, 0.25) is 5.02 Å². The van der Waals surface area contributed by atoms with Crippen LogP contribution in [0.4, 0.5) is 32.3 Å². The number of piperazine rings is 1. The minimum Gasteiger partial charge on any atom is -0.484 e. The second-order valence-corrected chi connectivity index (χ2v) is 17.4. The lowest BCUT2D eigenvalue weighted by molar-refractivity contribution is -0.134. The number of hydrogen-bond acceptors (Lipinski definition) is 14. The van der Waals surface area contributed by atoms with Crippen molar-refractivity contribution < 1.29 is 27.9 Å². The number of fused-ring (bicyclic) bond motifs is 2. The molecule has 0 unspecified atom stereocenters. The van der Waals surface area contributed by atoms with Gasteiger partial charge in [-0.3, -0.25) is 14.4 Å². The van der Waals surface area contributed by atoms with Crippen molar-refractivity contribution >= 4 is 74.9 Å². The smallest absolute Gasteiger partial charge is 0.260 e. The Kier molecular flexibility index (Phi) is 14.8. The number of likely N-dealkylation sites (tertiary alicyclic amines) is 1. The molecule has 10 rings (SSSR count). The van der Waals surface area contributed by atoms with Gasteiger partial charge >= 0.3 is 0 Å². The Morgan fingerprint density at radius 1 is 0.611 bits per heavy atom. The molecule has 0 aliphatic carbocycles. The number of hydrogen-bond donors (Lipinski definition) is 4. The minimum atomic E-state index is -0.316. The SMILES string of the molecule is Nc1nc(N2CCN(C(=O)CNC(=O)c3ccccc3)CC2)c2nc(-c3ccc(F)cc3)ccc2n1.Nc1nc(NC2CCN(C(=O)COc3ccc(Cl)cc3)CC2)c2nc(-c3ccc(F)cc3)ccc2n1. The molecule has 3 amide bonds. The molecule has 2 saturated heterocycles.